The van der Waals surface area contributed by atoms with Crippen LogP contribution < -0.4 is 5.32 Å². The van der Waals surface area contributed by atoms with Crippen LogP contribution in [0.5, 0.6) is 0 Å². The smallest absolute Gasteiger partial charge is 0.0897 e. The number of aromatic nitrogens is 3. The zero-order valence-electron chi connectivity index (χ0n) is 11.7. The molecule has 2 aromatic heterocycles. The summed E-state index contributed by atoms with van der Waals surface area (Å²) in [5, 5.41) is 18.2. The van der Waals surface area contributed by atoms with Gasteiger partial charge in [-0.3, -0.25) is 4.68 Å². The molecule has 0 saturated heterocycles. The first-order chi connectivity index (χ1) is 9.78. The Morgan fingerprint density at radius 2 is 2.40 bits per heavy atom. The number of hydrogen-bond acceptors (Lipinski definition) is 5. The highest BCUT2D eigenvalue weighted by molar-refractivity contribution is 7.11. The molecule has 0 aromatic carbocycles. The van der Waals surface area contributed by atoms with Crippen LogP contribution in [0.3, 0.4) is 0 Å². The number of hydrogen-bond donors (Lipinski definition) is 2. The molecular formula is C14H20N4OS. The molecule has 1 unspecified atom stereocenters. The van der Waals surface area contributed by atoms with Gasteiger partial charge in [-0.25, -0.2) is 4.98 Å². The SMILES string of the molecule is Cc1ncc(CNC2CCCc3c2cnn3CCO)s1. The second-order valence-corrected chi connectivity index (χ2v) is 6.48. The normalized spacial score (nSPS) is 18.2. The second-order valence-electron chi connectivity index (χ2n) is 5.16. The van der Waals surface area contributed by atoms with Gasteiger partial charge in [-0.05, 0) is 26.2 Å². The van der Waals surface area contributed by atoms with Crippen molar-refractivity contribution >= 4 is 11.3 Å². The minimum absolute atomic E-state index is 0.145. The van der Waals surface area contributed by atoms with E-state index >= 15 is 0 Å². The summed E-state index contributed by atoms with van der Waals surface area (Å²) in [7, 11) is 0. The summed E-state index contributed by atoms with van der Waals surface area (Å²) in [5.41, 5.74) is 2.58. The molecule has 1 atom stereocenters. The second kappa shape index (κ2) is 6.03. The Balaban J connectivity index is 1.70. The van der Waals surface area contributed by atoms with Crippen LogP contribution in [0.2, 0.25) is 0 Å². The van der Waals surface area contributed by atoms with Crippen LogP contribution in [-0.4, -0.2) is 26.5 Å². The quantitative estimate of drug-likeness (QED) is 0.882. The number of aliphatic hydroxyl groups is 1. The maximum atomic E-state index is 9.08. The highest BCUT2D eigenvalue weighted by Gasteiger charge is 2.23. The van der Waals surface area contributed by atoms with Gasteiger partial charge in [0, 0.05) is 34.9 Å². The van der Waals surface area contributed by atoms with E-state index < -0.39 is 0 Å². The average molecular weight is 292 g/mol. The molecule has 2 N–H and O–H groups in total. The van der Waals surface area contributed by atoms with Crippen LogP contribution in [0.15, 0.2) is 12.4 Å². The number of nitrogens with zero attached hydrogens (tertiary/aromatic N) is 3. The van der Waals surface area contributed by atoms with E-state index in [2.05, 4.69) is 15.4 Å². The molecule has 0 bridgehead atoms. The summed E-state index contributed by atoms with van der Waals surface area (Å²) < 4.78 is 1.94. The molecule has 5 nitrogen and oxygen atoms in total. The topological polar surface area (TPSA) is 63.0 Å². The van der Waals surface area contributed by atoms with Gasteiger partial charge in [-0.1, -0.05) is 0 Å². The molecule has 2 aromatic rings. The van der Waals surface area contributed by atoms with E-state index in [0.29, 0.717) is 12.6 Å². The van der Waals surface area contributed by atoms with Crippen LogP contribution in [0.4, 0.5) is 0 Å². The lowest BCUT2D eigenvalue weighted by molar-refractivity contribution is 0.266. The van der Waals surface area contributed by atoms with Crippen LogP contribution in [0.1, 0.15) is 40.0 Å². The predicted octanol–water partition coefficient (Wildman–Crippen LogP) is 1.81. The van der Waals surface area contributed by atoms with Crippen molar-refractivity contribution in [1.82, 2.24) is 20.1 Å². The first-order valence-corrected chi connectivity index (χ1v) is 7.89. The summed E-state index contributed by atoms with van der Waals surface area (Å²) in [6, 6.07) is 0.369. The van der Waals surface area contributed by atoms with Crippen molar-refractivity contribution in [3.63, 3.8) is 0 Å². The molecule has 1 aliphatic rings. The van der Waals surface area contributed by atoms with Crippen molar-refractivity contribution < 1.29 is 5.11 Å². The average Bonchev–Trinajstić information content (AvgIpc) is 3.04. The highest BCUT2D eigenvalue weighted by atomic mass is 32.1. The third-order valence-electron chi connectivity index (χ3n) is 3.77. The van der Waals surface area contributed by atoms with Gasteiger partial charge in [0.1, 0.15) is 0 Å². The fraction of sp³-hybridized carbons (Fsp3) is 0.571. The Morgan fingerprint density at radius 3 is 3.15 bits per heavy atom. The number of thiazole rings is 1. The van der Waals surface area contributed by atoms with Gasteiger partial charge in [0.2, 0.25) is 0 Å². The summed E-state index contributed by atoms with van der Waals surface area (Å²) in [5.74, 6) is 0. The molecule has 0 aliphatic heterocycles. The van der Waals surface area contributed by atoms with E-state index in [1.165, 1.54) is 22.6 Å². The van der Waals surface area contributed by atoms with Gasteiger partial charge in [0.25, 0.3) is 0 Å². The first-order valence-electron chi connectivity index (χ1n) is 7.08. The molecule has 108 valence electrons. The first kappa shape index (κ1) is 13.7. The lowest BCUT2D eigenvalue weighted by atomic mass is 9.93. The summed E-state index contributed by atoms with van der Waals surface area (Å²) >= 11 is 1.74. The number of rotatable bonds is 5. The molecule has 0 radical (unpaired) electrons. The molecule has 3 rings (SSSR count). The Morgan fingerprint density at radius 1 is 1.50 bits per heavy atom. The van der Waals surface area contributed by atoms with E-state index in [9.17, 15) is 0 Å². The summed E-state index contributed by atoms with van der Waals surface area (Å²) in [6.45, 7) is 3.63. The lowest BCUT2D eigenvalue weighted by Gasteiger charge is -2.24. The van der Waals surface area contributed by atoms with Gasteiger partial charge in [0.05, 0.1) is 24.4 Å². The highest BCUT2D eigenvalue weighted by Crippen LogP contribution is 2.30. The van der Waals surface area contributed by atoms with Gasteiger partial charge in [-0.15, -0.1) is 11.3 Å². The molecule has 0 fully saturated rings. The summed E-state index contributed by atoms with van der Waals surface area (Å²) in [6.07, 6.45) is 7.29. The van der Waals surface area contributed by atoms with E-state index in [1.54, 1.807) is 11.3 Å². The fourth-order valence-electron chi connectivity index (χ4n) is 2.83. The molecule has 0 spiro atoms. The van der Waals surface area contributed by atoms with Crippen molar-refractivity contribution in [2.75, 3.05) is 6.61 Å². The standard InChI is InChI=1S/C14H20N4OS/c1-10-15-7-11(20-10)8-16-13-3-2-4-14-12(13)9-17-18(14)5-6-19/h7,9,13,16,19H,2-6,8H2,1H3. The van der Waals surface area contributed by atoms with E-state index in [0.717, 1.165) is 24.4 Å². The third kappa shape index (κ3) is 2.77. The Labute approximate surface area is 122 Å². The Kier molecular flexibility index (Phi) is 4.14. The van der Waals surface area contributed by atoms with Crippen LogP contribution in [0, 0.1) is 6.92 Å². The van der Waals surface area contributed by atoms with Crippen LogP contribution >= 0.6 is 11.3 Å². The third-order valence-corrected chi connectivity index (χ3v) is 4.68. The molecular weight excluding hydrogens is 272 g/mol. The van der Waals surface area contributed by atoms with Crippen molar-refractivity contribution in [3.05, 3.63) is 33.5 Å². The zero-order valence-corrected chi connectivity index (χ0v) is 12.5. The lowest BCUT2D eigenvalue weighted by Crippen LogP contribution is -2.25. The van der Waals surface area contributed by atoms with E-state index in [4.69, 9.17) is 5.11 Å². The minimum Gasteiger partial charge on any atom is -0.394 e. The Bertz CT molecular complexity index is 577. The zero-order chi connectivity index (χ0) is 13.9. The van der Waals surface area contributed by atoms with E-state index in [-0.39, 0.29) is 6.61 Å². The van der Waals surface area contributed by atoms with Crippen molar-refractivity contribution in [2.24, 2.45) is 0 Å². The maximum absolute atomic E-state index is 9.08. The molecule has 0 saturated carbocycles. The molecule has 6 heteroatoms. The van der Waals surface area contributed by atoms with Crippen molar-refractivity contribution in [1.29, 1.82) is 0 Å². The van der Waals surface area contributed by atoms with Crippen molar-refractivity contribution in [3.8, 4) is 0 Å². The van der Waals surface area contributed by atoms with Gasteiger partial charge in [-0.2, -0.15) is 5.10 Å². The van der Waals surface area contributed by atoms with Crippen LogP contribution in [0.25, 0.3) is 0 Å². The fourth-order valence-corrected chi connectivity index (χ4v) is 3.57. The van der Waals surface area contributed by atoms with E-state index in [1.807, 2.05) is 24.0 Å². The van der Waals surface area contributed by atoms with Crippen LogP contribution in [-0.2, 0) is 19.5 Å². The summed E-state index contributed by atoms with van der Waals surface area (Å²) in [4.78, 5) is 5.56. The minimum atomic E-state index is 0.145. The largest absolute Gasteiger partial charge is 0.394 e. The predicted molar refractivity (Wildman–Crippen MR) is 78.7 cm³/mol. The number of fused-ring (bicyclic) bond motifs is 1. The molecule has 2 heterocycles. The van der Waals surface area contributed by atoms with Gasteiger partial charge in [0.15, 0.2) is 0 Å². The molecule has 1 aliphatic carbocycles. The Hall–Kier alpha value is -1.24. The maximum Gasteiger partial charge on any atom is 0.0897 e. The van der Waals surface area contributed by atoms with Gasteiger partial charge < -0.3 is 10.4 Å². The van der Waals surface area contributed by atoms with Gasteiger partial charge >= 0.3 is 0 Å². The monoisotopic (exact) mass is 292 g/mol. The number of nitrogens with one attached hydrogen (secondary N) is 1. The number of aryl methyl sites for hydroxylation is 1. The van der Waals surface area contributed by atoms with Crippen molar-refractivity contribution in [2.45, 2.75) is 45.3 Å². The molecule has 20 heavy (non-hydrogen) atoms. The molecule has 0 amide bonds. The number of aliphatic hydroxyl groups excluding tert-OH is 1.